The third-order valence-corrected chi connectivity index (χ3v) is 4.64. The van der Waals surface area contributed by atoms with E-state index in [0.717, 1.165) is 22.2 Å². The molecule has 2 aromatic rings. The fraction of sp³-hybridized carbons (Fsp3) is 0.333. The largest absolute Gasteiger partial charge is 0.481 e. The van der Waals surface area contributed by atoms with E-state index in [9.17, 15) is 4.79 Å². The zero-order chi connectivity index (χ0) is 15.1. The number of thiophene rings is 1. The van der Waals surface area contributed by atoms with Crippen LogP contribution >= 0.6 is 27.3 Å². The molecule has 0 radical (unpaired) electrons. The van der Waals surface area contributed by atoms with E-state index in [0.29, 0.717) is 18.8 Å². The predicted molar refractivity (Wildman–Crippen MR) is 87.6 cm³/mol. The summed E-state index contributed by atoms with van der Waals surface area (Å²) in [4.78, 5) is 17.2. The van der Waals surface area contributed by atoms with E-state index in [1.165, 1.54) is 4.88 Å². The number of hydrogen-bond acceptors (Lipinski definition) is 4. The summed E-state index contributed by atoms with van der Waals surface area (Å²) in [5.41, 5.74) is 0.964. The molecule has 112 valence electrons. The van der Waals surface area contributed by atoms with E-state index >= 15 is 0 Å². The van der Waals surface area contributed by atoms with E-state index in [2.05, 4.69) is 32.3 Å². The molecule has 0 unspecified atom stereocenters. The van der Waals surface area contributed by atoms with E-state index in [4.69, 9.17) is 4.74 Å². The lowest BCUT2D eigenvalue weighted by molar-refractivity contribution is -0.121. The van der Waals surface area contributed by atoms with Crippen LogP contribution in [0.2, 0.25) is 0 Å². The molecule has 0 saturated heterocycles. The van der Waals surface area contributed by atoms with Crippen LogP contribution in [0, 0.1) is 0 Å². The molecule has 0 aliphatic carbocycles. The second kappa shape index (κ2) is 8.14. The predicted octanol–water partition coefficient (Wildman–Crippen LogP) is 3.55. The molecule has 4 nitrogen and oxygen atoms in total. The lowest BCUT2D eigenvalue weighted by Crippen LogP contribution is -2.22. The first-order valence-corrected chi connectivity index (χ1v) is 8.28. The number of rotatable bonds is 7. The van der Waals surface area contributed by atoms with Crippen LogP contribution in [-0.2, 0) is 17.8 Å². The van der Waals surface area contributed by atoms with Crippen LogP contribution in [0.3, 0.4) is 0 Å². The monoisotopic (exact) mass is 368 g/mol. The van der Waals surface area contributed by atoms with Gasteiger partial charge in [0.25, 0.3) is 0 Å². The maximum absolute atomic E-state index is 11.8. The van der Waals surface area contributed by atoms with Gasteiger partial charge in [-0.1, -0.05) is 6.07 Å². The van der Waals surface area contributed by atoms with Crippen LogP contribution < -0.4 is 10.1 Å². The van der Waals surface area contributed by atoms with Crippen LogP contribution in [0.1, 0.15) is 23.3 Å². The quantitative estimate of drug-likeness (QED) is 0.812. The molecule has 21 heavy (non-hydrogen) atoms. The minimum atomic E-state index is 0.0708. The number of aryl methyl sites for hydroxylation is 1. The van der Waals surface area contributed by atoms with Gasteiger partial charge in [-0.15, -0.1) is 11.3 Å². The Morgan fingerprint density at radius 2 is 2.24 bits per heavy atom. The highest BCUT2D eigenvalue weighted by molar-refractivity contribution is 9.11. The summed E-state index contributed by atoms with van der Waals surface area (Å²) in [5, 5.41) is 2.90. The number of carbonyl (C=O) groups is 1. The number of ether oxygens (including phenoxy) is 1. The molecule has 2 aromatic heterocycles. The zero-order valence-electron chi connectivity index (χ0n) is 11.8. The number of halogens is 1. The number of amides is 1. The van der Waals surface area contributed by atoms with Crippen LogP contribution in [0.4, 0.5) is 0 Å². The summed E-state index contributed by atoms with van der Waals surface area (Å²) < 4.78 is 6.12. The minimum Gasteiger partial charge on any atom is -0.481 e. The highest BCUT2D eigenvalue weighted by Gasteiger charge is 2.04. The first kappa shape index (κ1) is 16.0. The summed E-state index contributed by atoms with van der Waals surface area (Å²) >= 11 is 5.16. The number of nitrogens with one attached hydrogen (secondary N) is 1. The van der Waals surface area contributed by atoms with E-state index in [1.807, 2.05) is 12.1 Å². The van der Waals surface area contributed by atoms with Crippen molar-refractivity contribution in [1.29, 1.82) is 0 Å². The summed E-state index contributed by atoms with van der Waals surface area (Å²) in [5.74, 6) is 0.647. The van der Waals surface area contributed by atoms with E-state index < -0.39 is 0 Å². The molecule has 0 aliphatic rings. The minimum absolute atomic E-state index is 0.0708. The van der Waals surface area contributed by atoms with Crippen LogP contribution in [0.15, 0.2) is 34.2 Å². The molecule has 0 bridgehead atoms. The maximum Gasteiger partial charge on any atom is 0.220 e. The van der Waals surface area contributed by atoms with Crippen LogP contribution in [-0.4, -0.2) is 18.0 Å². The van der Waals surface area contributed by atoms with Gasteiger partial charge in [-0.05, 0) is 46.5 Å². The van der Waals surface area contributed by atoms with E-state index in [-0.39, 0.29) is 5.91 Å². The summed E-state index contributed by atoms with van der Waals surface area (Å²) in [6, 6.07) is 7.82. The summed E-state index contributed by atoms with van der Waals surface area (Å²) in [6.45, 7) is 0.500. The smallest absolute Gasteiger partial charge is 0.220 e. The van der Waals surface area contributed by atoms with Crippen LogP contribution in [0.5, 0.6) is 5.88 Å². The fourth-order valence-electron chi connectivity index (χ4n) is 1.83. The molecule has 1 amide bonds. The number of pyridine rings is 1. The zero-order valence-corrected chi connectivity index (χ0v) is 14.2. The lowest BCUT2D eigenvalue weighted by atomic mass is 10.2. The molecule has 6 heteroatoms. The van der Waals surface area contributed by atoms with Gasteiger partial charge in [-0.25, -0.2) is 4.98 Å². The van der Waals surface area contributed by atoms with Crippen molar-refractivity contribution in [3.05, 3.63) is 44.7 Å². The topological polar surface area (TPSA) is 51.2 Å². The number of carbonyl (C=O) groups excluding carboxylic acids is 1. The lowest BCUT2D eigenvalue weighted by Gasteiger charge is -2.05. The second-order valence-electron chi connectivity index (χ2n) is 4.54. The molecule has 1 N–H and O–H groups in total. The van der Waals surface area contributed by atoms with Crippen molar-refractivity contribution in [2.24, 2.45) is 0 Å². The second-order valence-corrected chi connectivity index (χ2v) is 7.09. The number of methoxy groups -OCH3 is 1. The highest BCUT2D eigenvalue weighted by atomic mass is 79.9. The van der Waals surface area contributed by atoms with Crippen molar-refractivity contribution in [3.8, 4) is 5.88 Å². The van der Waals surface area contributed by atoms with Crippen molar-refractivity contribution < 1.29 is 9.53 Å². The standard InChI is InChI=1S/C15H17BrN2O2S/c1-20-15-8-5-11(10-18-15)9-17-14(19)4-2-3-12-6-7-13(16)21-12/h5-8,10H,2-4,9H2,1H3,(H,17,19). The van der Waals surface area contributed by atoms with E-state index in [1.54, 1.807) is 30.7 Å². The highest BCUT2D eigenvalue weighted by Crippen LogP contribution is 2.23. The van der Waals surface area contributed by atoms with Gasteiger partial charge in [0.1, 0.15) is 0 Å². The molecule has 0 spiro atoms. The summed E-state index contributed by atoms with van der Waals surface area (Å²) in [6.07, 6.45) is 4.05. The number of hydrogen-bond donors (Lipinski definition) is 1. The van der Waals surface area contributed by atoms with Crippen LogP contribution in [0.25, 0.3) is 0 Å². The fourth-order valence-corrected chi connectivity index (χ4v) is 3.36. The Labute approximate surface area is 136 Å². The van der Waals surface area contributed by atoms with Gasteiger partial charge in [-0.2, -0.15) is 0 Å². The number of aromatic nitrogens is 1. The molecular weight excluding hydrogens is 352 g/mol. The van der Waals surface area contributed by atoms with Crippen molar-refractivity contribution in [1.82, 2.24) is 10.3 Å². The van der Waals surface area contributed by atoms with Crippen molar-refractivity contribution in [2.45, 2.75) is 25.8 Å². The van der Waals surface area contributed by atoms with Gasteiger partial charge in [0.2, 0.25) is 11.8 Å². The Morgan fingerprint density at radius 1 is 1.38 bits per heavy atom. The molecule has 0 fully saturated rings. The Morgan fingerprint density at radius 3 is 2.86 bits per heavy atom. The molecule has 0 atom stereocenters. The molecule has 0 aliphatic heterocycles. The van der Waals surface area contributed by atoms with Crippen molar-refractivity contribution in [3.63, 3.8) is 0 Å². The van der Waals surface area contributed by atoms with Crippen molar-refractivity contribution >= 4 is 33.2 Å². The van der Waals surface area contributed by atoms with Gasteiger partial charge in [-0.3, -0.25) is 4.79 Å². The average molecular weight is 369 g/mol. The van der Waals surface area contributed by atoms with Crippen molar-refractivity contribution in [2.75, 3.05) is 7.11 Å². The van der Waals surface area contributed by atoms with Gasteiger partial charge < -0.3 is 10.1 Å². The van der Waals surface area contributed by atoms with Gasteiger partial charge in [0.15, 0.2) is 0 Å². The van der Waals surface area contributed by atoms with Gasteiger partial charge >= 0.3 is 0 Å². The normalized spacial score (nSPS) is 10.4. The number of nitrogens with zero attached hydrogens (tertiary/aromatic N) is 1. The third kappa shape index (κ3) is 5.47. The summed E-state index contributed by atoms with van der Waals surface area (Å²) in [7, 11) is 1.58. The first-order chi connectivity index (χ1) is 10.2. The molecule has 2 rings (SSSR count). The Kier molecular flexibility index (Phi) is 6.20. The average Bonchev–Trinajstić information content (AvgIpc) is 2.91. The Bertz CT molecular complexity index is 584. The molecule has 0 saturated carbocycles. The molecule has 0 aromatic carbocycles. The molecular formula is C15H17BrN2O2S. The Balaban J connectivity index is 1.67. The first-order valence-electron chi connectivity index (χ1n) is 6.67. The third-order valence-electron chi connectivity index (χ3n) is 2.95. The maximum atomic E-state index is 11.8. The SMILES string of the molecule is COc1ccc(CNC(=O)CCCc2ccc(Br)s2)cn1. The Hall–Kier alpha value is -1.40. The van der Waals surface area contributed by atoms with Gasteiger partial charge in [0.05, 0.1) is 10.9 Å². The van der Waals surface area contributed by atoms with Gasteiger partial charge in [0, 0.05) is 30.1 Å². The molecule has 2 heterocycles.